The minimum Gasteiger partial charge on any atom is -0.480 e. The van der Waals surface area contributed by atoms with Crippen molar-refractivity contribution in [3.8, 4) is 0 Å². The Morgan fingerprint density at radius 3 is 2.36 bits per heavy atom. The van der Waals surface area contributed by atoms with Crippen LogP contribution in [0.2, 0.25) is 0 Å². The van der Waals surface area contributed by atoms with E-state index in [0.29, 0.717) is 6.42 Å². The number of amides is 1. The SMILES string of the molecule is CC(C)(C)c1ccc(C(=O)N2Cc3ccccc3CC2C(=O)O)nc1. The molecule has 1 aliphatic heterocycles. The van der Waals surface area contributed by atoms with Crippen molar-refractivity contribution in [3.05, 3.63) is 65.0 Å². The maximum atomic E-state index is 12.9. The van der Waals surface area contributed by atoms with Crippen molar-refractivity contribution in [2.24, 2.45) is 0 Å². The van der Waals surface area contributed by atoms with Crippen LogP contribution in [0.15, 0.2) is 42.6 Å². The molecule has 2 heterocycles. The largest absolute Gasteiger partial charge is 0.480 e. The first-order chi connectivity index (χ1) is 11.8. The molecule has 1 aromatic heterocycles. The van der Waals surface area contributed by atoms with Gasteiger partial charge in [0, 0.05) is 19.2 Å². The topological polar surface area (TPSA) is 70.5 Å². The molecule has 25 heavy (non-hydrogen) atoms. The van der Waals surface area contributed by atoms with Crippen molar-refractivity contribution in [2.75, 3.05) is 0 Å². The Morgan fingerprint density at radius 2 is 1.80 bits per heavy atom. The Morgan fingerprint density at radius 1 is 1.12 bits per heavy atom. The van der Waals surface area contributed by atoms with E-state index < -0.39 is 12.0 Å². The predicted molar refractivity (Wildman–Crippen MR) is 94.4 cm³/mol. The van der Waals surface area contributed by atoms with E-state index in [4.69, 9.17) is 0 Å². The molecule has 1 unspecified atom stereocenters. The summed E-state index contributed by atoms with van der Waals surface area (Å²) >= 11 is 0. The summed E-state index contributed by atoms with van der Waals surface area (Å²) in [6.45, 7) is 6.52. The van der Waals surface area contributed by atoms with Crippen molar-refractivity contribution >= 4 is 11.9 Å². The van der Waals surface area contributed by atoms with Gasteiger partial charge in [-0.3, -0.25) is 9.78 Å². The molecule has 0 radical (unpaired) electrons. The number of carbonyl (C=O) groups is 2. The van der Waals surface area contributed by atoms with Gasteiger partial charge in [-0.2, -0.15) is 0 Å². The lowest BCUT2D eigenvalue weighted by atomic mass is 9.88. The summed E-state index contributed by atoms with van der Waals surface area (Å²) in [6.07, 6.45) is 2.01. The van der Waals surface area contributed by atoms with Gasteiger partial charge >= 0.3 is 5.97 Å². The first-order valence-electron chi connectivity index (χ1n) is 8.34. The number of carboxylic acids is 1. The van der Waals surface area contributed by atoms with E-state index >= 15 is 0 Å². The van der Waals surface area contributed by atoms with Crippen LogP contribution in [0.4, 0.5) is 0 Å². The van der Waals surface area contributed by atoms with Gasteiger partial charge in [-0.05, 0) is 28.2 Å². The standard InChI is InChI=1S/C20H22N2O3/c1-20(2,3)15-8-9-16(21-11-15)18(23)22-12-14-7-5-4-6-13(14)10-17(22)19(24)25/h4-9,11,17H,10,12H2,1-3H3,(H,24,25). The van der Waals surface area contributed by atoms with Crippen molar-refractivity contribution < 1.29 is 14.7 Å². The summed E-state index contributed by atoms with van der Waals surface area (Å²) in [5.74, 6) is -1.34. The van der Waals surface area contributed by atoms with Crippen LogP contribution in [-0.4, -0.2) is 32.9 Å². The van der Waals surface area contributed by atoms with Gasteiger partial charge in [-0.15, -0.1) is 0 Å². The number of hydrogen-bond donors (Lipinski definition) is 1. The molecule has 0 saturated heterocycles. The lowest BCUT2D eigenvalue weighted by molar-refractivity contribution is -0.142. The Balaban J connectivity index is 1.91. The molecular formula is C20H22N2O3. The Bertz CT molecular complexity index is 806. The highest BCUT2D eigenvalue weighted by Gasteiger charge is 2.35. The molecule has 2 aromatic rings. The Kier molecular flexibility index (Phi) is 4.33. The molecule has 5 heteroatoms. The number of benzene rings is 1. The number of pyridine rings is 1. The summed E-state index contributed by atoms with van der Waals surface area (Å²) in [7, 11) is 0. The second-order valence-electron chi connectivity index (χ2n) is 7.44. The van der Waals surface area contributed by atoms with Gasteiger partial charge in [-0.25, -0.2) is 4.79 Å². The van der Waals surface area contributed by atoms with Gasteiger partial charge in [0.25, 0.3) is 5.91 Å². The van der Waals surface area contributed by atoms with Crippen molar-refractivity contribution in [2.45, 2.75) is 45.2 Å². The molecule has 5 nitrogen and oxygen atoms in total. The third-order valence-electron chi connectivity index (χ3n) is 4.64. The number of carboxylic acid groups (broad SMARTS) is 1. The van der Waals surface area contributed by atoms with Crippen LogP contribution in [0.5, 0.6) is 0 Å². The van der Waals surface area contributed by atoms with Crippen LogP contribution >= 0.6 is 0 Å². The maximum Gasteiger partial charge on any atom is 0.326 e. The fourth-order valence-corrected chi connectivity index (χ4v) is 3.07. The number of hydrogen-bond acceptors (Lipinski definition) is 3. The van der Waals surface area contributed by atoms with Crippen LogP contribution in [-0.2, 0) is 23.2 Å². The zero-order valence-corrected chi connectivity index (χ0v) is 14.7. The summed E-state index contributed by atoms with van der Waals surface area (Å²) < 4.78 is 0. The van der Waals surface area contributed by atoms with Crippen molar-refractivity contribution in [1.82, 2.24) is 9.88 Å². The summed E-state index contributed by atoms with van der Waals surface area (Å²) in [5.41, 5.74) is 3.22. The zero-order chi connectivity index (χ0) is 18.2. The second kappa shape index (κ2) is 6.31. The smallest absolute Gasteiger partial charge is 0.326 e. The third kappa shape index (κ3) is 3.40. The van der Waals surface area contributed by atoms with Gasteiger partial charge in [0.05, 0.1) is 0 Å². The van der Waals surface area contributed by atoms with E-state index in [0.717, 1.165) is 16.7 Å². The van der Waals surface area contributed by atoms with Gasteiger partial charge < -0.3 is 10.0 Å². The van der Waals surface area contributed by atoms with Gasteiger partial charge in [0.2, 0.25) is 0 Å². The molecule has 0 fully saturated rings. The predicted octanol–water partition coefficient (Wildman–Crippen LogP) is 3.03. The highest BCUT2D eigenvalue weighted by molar-refractivity contribution is 5.95. The summed E-state index contributed by atoms with van der Waals surface area (Å²) in [6, 6.07) is 10.3. The Labute approximate surface area is 147 Å². The van der Waals surface area contributed by atoms with Gasteiger partial charge in [-0.1, -0.05) is 51.1 Å². The zero-order valence-electron chi connectivity index (χ0n) is 14.7. The first-order valence-corrected chi connectivity index (χ1v) is 8.34. The van der Waals surface area contributed by atoms with Gasteiger partial charge in [0.1, 0.15) is 11.7 Å². The van der Waals surface area contributed by atoms with E-state index in [2.05, 4.69) is 25.8 Å². The van der Waals surface area contributed by atoms with E-state index in [-0.39, 0.29) is 23.6 Å². The summed E-state index contributed by atoms with van der Waals surface area (Å²) in [5, 5.41) is 9.57. The molecule has 1 amide bonds. The molecular weight excluding hydrogens is 316 g/mol. The molecule has 0 aliphatic carbocycles. The quantitative estimate of drug-likeness (QED) is 0.914. The highest BCUT2D eigenvalue weighted by atomic mass is 16.4. The monoisotopic (exact) mass is 338 g/mol. The minimum absolute atomic E-state index is 0.0533. The van der Waals surface area contributed by atoms with Crippen LogP contribution in [0.3, 0.4) is 0 Å². The van der Waals surface area contributed by atoms with E-state index in [9.17, 15) is 14.7 Å². The molecule has 0 bridgehead atoms. The Hall–Kier alpha value is -2.69. The summed E-state index contributed by atoms with van der Waals surface area (Å²) in [4.78, 5) is 30.3. The normalized spacial score (nSPS) is 17.1. The number of aliphatic carboxylic acids is 1. The molecule has 0 spiro atoms. The van der Waals surface area contributed by atoms with E-state index in [1.165, 1.54) is 4.90 Å². The molecule has 1 aliphatic rings. The van der Waals surface area contributed by atoms with E-state index in [1.54, 1.807) is 12.3 Å². The molecule has 0 saturated carbocycles. The van der Waals surface area contributed by atoms with E-state index in [1.807, 2.05) is 30.3 Å². The highest BCUT2D eigenvalue weighted by Crippen LogP contribution is 2.26. The van der Waals surface area contributed by atoms with Crippen LogP contribution in [0.25, 0.3) is 0 Å². The molecule has 130 valence electrons. The number of carbonyl (C=O) groups excluding carboxylic acids is 1. The lowest BCUT2D eigenvalue weighted by Crippen LogP contribution is -2.48. The second-order valence-corrected chi connectivity index (χ2v) is 7.44. The van der Waals surface area contributed by atoms with Crippen LogP contribution < -0.4 is 0 Å². The maximum absolute atomic E-state index is 12.9. The molecule has 3 rings (SSSR count). The number of nitrogens with zero attached hydrogens (tertiary/aromatic N) is 2. The minimum atomic E-state index is -0.992. The van der Waals surface area contributed by atoms with Crippen LogP contribution in [0, 0.1) is 0 Å². The number of rotatable bonds is 2. The molecule has 1 N–H and O–H groups in total. The number of fused-ring (bicyclic) bond motifs is 1. The van der Waals surface area contributed by atoms with Crippen LogP contribution in [0.1, 0.15) is 48.0 Å². The van der Waals surface area contributed by atoms with Gasteiger partial charge in [0.15, 0.2) is 0 Å². The average Bonchev–Trinajstić information content (AvgIpc) is 2.59. The number of aromatic nitrogens is 1. The molecule has 1 aromatic carbocycles. The average molecular weight is 338 g/mol. The lowest BCUT2D eigenvalue weighted by Gasteiger charge is -2.34. The molecule has 1 atom stereocenters. The fraction of sp³-hybridized carbons (Fsp3) is 0.350. The first kappa shape index (κ1) is 17.1. The van der Waals surface area contributed by atoms with Crippen molar-refractivity contribution in [1.29, 1.82) is 0 Å². The fourth-order valence-electron chi connectivity index (χ4n) is 3.07. The van der Waals surface area contributed by atoms with Crippen molar-refractivity contribution in [3.63, 3.8) is 0 Å². The third-order valence-corrected chi connectivity index (χ3v) is 4.64.